The van der Waals surface area contributed by atoms with Gasteiger partial charge in [-0.05, 0) is 30.7 Å². The van der Waals surface area contributed by atoms with Crippen LogP contribution < -0.4 is 9.47 Å². The van der Waals surface area contributed by atoms with E-state index in [4.69, 9.17) is 28.4 Å². The van der Waals surface area contributed by atoms with Crippen LogP contribution in [-0.4, -0.2) is 64.8 Å². The Hall–Kier alpha value is -3.10. The minimum atomic E-state index is -0.367. The lowest BCUT2D eigenvalue weighted by molar-refractivity contribution is -0.147. The quantitative estimate of drug-likeness (QED) is 0.247. The maximum absolute atomic E-state index is 11.7. The second-order valence-corrected chi connectivity index (χ2v) is 6.84. The number of benzene rings is 2. The average molecular weight is 461 g/mol. The van der Waals surface area contributed by atoms with E-state index >= 15 is 0 Å². The predicted molar refractivity (Wildman–Crippen MR) is 121 cm³/mol. The predicted octanol–water partition coefficient (Wildman–Crippen LogP) is 3.43. The zero-order chi connectivity index (χ0) is 23.4. The highest BCUT2D eigenvalue weighted by Crippen LogP contribution is 2.08. The summed E-state index contributed by atoms with van der Waals surface area (Å²) in [5.74, 6) is 0.835. The van der Waals surface area contributed by atoms with Gasteiger partial charge >= 0.3 is 11.9 Å². The van der Waals surface area contributed by atoms with Crippen LogP contribution in [0.3, 0.4) is 0 Å². The first-order valence-electron chi connectivity index (χ1n) is 11.1. The van der Waals surface area contributed by atoms with E-state index in [1.165, 1.54) is 0 Å². The highest BCUT2D eigenvalue weighted by Gasteiger charge is 2.07. The molecule has 0 amide bonds. The summed E-state index contributed by atoms with van der Waals surface area (Å²) in [5, 5.41) is 0. The number of carbonyl (C=O) groups is 2. The molecule has 0 saturated heterocycles. The molecule has 2 aromatic rings. The van der Waals surface area contributed by atoms with Crippen molar-refractivity contribution in [2.75, 3.05) is 52.9 Å². The number of carbonyl (C=O) groups excluding carboxylic acids is 2. The van der Waals surface area contributed by atoms with Gasteiger partial charge in [0, 0.05) is 12.8 Å². The number of esters is 2. The van der Waals surface area contributed by atoms with Crippen molar-refractivity contribution >= 4 is 11.9 Å². The summed E-state index contributed by atoms with van der Waals surface area (Å²) in [5.41, 5.74) is 0. The maximum Gasteiger partial charge on any atom is 0.305 e. The van der Waals surface area contributed by atoms with E-state index in [-0.39, 0.29) is 38.0 Å². The van der Waals surface area contributed by atoms with Crippen LogP contribution in [0.25, 0.3) is 0 Å². The largest absolute Gasteiger partial charge is 0.491 e. The minimum absolute atomic E-state index is 0.152. The molecule has 180 valence electrons. The van der Waals surface area contributed by atoms with Gasteiger partial charge in [0.2, 0.25) is 0 Å². The Morgan fingerprint density at radius 1 is 0.515 bits per heavy atom. The molecule has 0 N–H and O–H groups in total. The Kier molecular flexibility index (Phi) is 13.8. The molecular formula is C25H32O8. The molecular weight excluding hydrogens is 428 g/mol. The normalized spacial score (nSPS) is 10.4. The lowest BCUT2D eigenvalue weighted by atomic mass is 10.2. The number of ether oxygens (including phenoxy) is 6. The molecule has 0 saturated carbocycles. The van der Waals surface area contributed by atoms with Gasteiger partial charge < -0.3 is 28.4 Å². The van der Waals surface area contributed by atoms with Crippen molar-refractivity contribution in [1.82, 2.24) is 0 Å². The van der Waals surface area contributed by atoms with E-state index in [9.17, 15) is 9.59 Å². The molecule has 0 spiro atoms. The molecule has 2 rings (SSSR count). The van der Waals surface area contributed by atoms with Crippen LogP contribution in [0.15, 0.2) is 60.7 Å². The van der Waals surface area contributed by atoms with Gasteiger partial charge in [-0.1, -0.05) is 36.4 Å². The summed E-state index contributed by atoms with van der Waals surface area (Å²) in [6.07, 6.45) is 0.675. The van der Waals surface area contributed by atoms with Crippen molar-refractivity contribution in [3.8, 4) is 11.5 Å². The average Bonchev–Trinajstić information content (AvgIpc) is 2.84. The van der Waals surface area contributed by atoms with Gasteiger partial charge in [-0.25, -0.2) is 0 Å². The van der Waals surface area contributed by atoms with Gasteiger partial charge in [-0.2, -0.15) is 0 Å². The first-order chi connectivity index (χ1) is 16.2. The van der Waals surface area contributed by atoms with E-state index in [0.29, 0.717) is 46.1 Å². The van der Waals surface area contributed by atoms with Gasteiger partial charge in [0.1, 0.15) is 37.9 Å². The van der Waals surface area contributed by atoms with Crippen LogP contribution in [0.2, 0.25) is 0 Å². The highest BCUT2D eigenvalue weighted by molar-refractivity contribution is 5.72. The molecule has 0 aliphatic heterocycles. The fourth-order valence-electron chi connectivity index (χ4n) is 2.62. The zero-order valence-electron chi connectivity index (χ0n) is 18.8. The van der Waals surface area contributed by atoms with Crippen LogP contribution in [0, 0.1) is 0 Å². The number of hydrogen-bond acceptors (Lipinski definition) is 8. The molecule has 0 unspecified atom stereocenters. The van der Waals surface area contributed by atoms with Gasteiger partial charge in [-0.15, -0.1) is 0 Å². The van der Waals surface area contributed by atoms with Gasteiger partial charge in [0.15, 0.2) is 0 Å². The summed E-state index contributed by atoms with van der Waals surface area (Å²) in [4.78, 5) is 23.4. The topological polar surface area (TPSA) is 89.5 Å². The monoisotopic (exact) mass is 460 g/mol. The Morgan fingerprint density at radius 2 is 0.909 bits per heavy atom. The van der Waals surface area contributed by atoms with Crippen molar-refractivity contribution in [3.63, 3.8) is 0 Å². The van der Waals surface area contributed by atoms with Crippen LogP contribution in [0.4, 0.5) is 0 Å². The summed E-state index contributed by atoms with van der Waals surface area (Å²) < 4.78 is 31.8. The molecule has 0 aromatic heterocycles. The Bertz CT molecular complexity index is 701. The van der Waals surface area contributed by atoms with Crippen molar-refractivity contribution in [1.29, 1.82) is 0 Å². The summed E-state index contributed by atoms with van der Waals surface area (Å²) in [6.45, 7) is 2.58. The van der Waals surface area contributed by atoms with E-state index in [2.05, 4.69) is 0 Å². The fraction of sp³-hybridized carbons (Fsp3) is 0.440. The first kappa shape index (κ1) is 26.2. The standard InChI is InChI=1S/C25H32O8/c26-24(32-20-16-28-14-18-30-22-8-3-1-4-9-22)12-7-13-25(27)33-21-17-29-15-19-31-23-10-5-2-6-11-23/h1-6,8-11H,7,12-21H2. The summed E-state index contributed by atoms with van der Waals surface area (Å²) in [6, 6.07) is 18.9. The van der Waals surface area contributed by atoms with Gasteiger partial charge in [-0.3, -0.25) is 9.59 Å². The second kappa shape index (κ2) is 17.5. The maximum atomic E-state index is 11.7. The summed E-state index contributed by atoms with van der Waals surface area (Å²) >= 11 is 0. The van der Waals surface area contributed by atoms with Crippen molar-refractivity contribution in [2.24, 2.45) is 0 Å². The molecule has 0 fully saturated rings. The molecule has 0 radical (unpaired) electrons. The molecule has 33 heavy (non-hydrogen) atoms. The Morgan fingerprint density at radius 3 is 1.33 bits per heavy atom. The van der Waals surface area contributed by atoms with Crippen LogP contribution in [0.1, 0.15) is 19.3 Å². The fourth-order valence-corrected chi connectivity index (χ4v) is 2.62. The van der Waals surface area contributed by atoms with E-state index in [1.807, 2.05) is 60.7 Å². The third kappa shape index (κ3) is 13.8. The van der Waals surface area contributed by atoms with Gasteiger partial charge in [0.05, 0.1) is 26.4 Å². The molecule has 8 heteroatoms. The molecule has 0 aliphatic carbocycles. The van der Waals surface area contributed by atoms with E-state index in [0.717, 1.165) is 11.5 Å². The minimum Gasteiger partial charge on any atom is -0.491 e. The van der Waals surface area contributed by atoms with Crippen molar-refractivity contribution in [3.05, 3.63) is 60.7 Å². The third-order valence-corrected chi connectivity index (χ3v) is 4.22. The van der Waals surface area contributed by atoms with Crippen LogP contribution >= 0.6 is 0 Å². The smallest absolute Gasteiger partial charge is 0.305 e. The SMILES string of the molecule is O=C(CCCC(=O)OCCOCCOc1ccccc1)OCCOCCOc1ccccc1. The highest BCUT2D eigenvalue weighted by atomic mass is 16.6. The zero-order valence-corrected chi connectivity index (χ0v) is 18.8. The number of para-hydroxylation sites is 2. The molecule has 0 aliphatic rings. The molecule has 0 heterocycles. The molecule has 0 atom stereocenters. The number of rotatable bonds is 18. The number of hydrogen-bond donors (Lipinski definition) is 0. The second-order valence-electron chi connectivity index (χ2n) is 6.84. The van der Waals surface area contributed by atoms with Crippen molar-refractivity contribution < 1.29 is 38.0 Å². The third-order valence-electron chi connectivity index (χ3n) is 4.22. The Labute approximate surface area is 194 Å². The lowest BCUT2D eigenvalue weighted by Gasteiger charge is -2.08. The molecule has 8 nitrogen and oxygen atoms in total. The summed E-state index contributed by atoms with van der Waals surface area (Å²) in [7, 11) is 0. The van der Waals surface area contributed by atoms with Crippen LogP contribution in [0.5, 0.6) is 11.5 Å². The molecule has 2 aromatic carbocycles. The van der Waals surface area contributed by atoms with E-state index in [1.54, 1.807) is 0 Å². The molecule has 0 bridgehead atoms. The Balaban J connectivity index is 1.33. The first-order valence-corrected chi connectivity index (χ1v) is 11.1. The van der Waals surface area contributed by atoms with Crippen LogP contribution in [-0.2, 0) is 28.5 Å². The van der Waals surface area contributed by atoms with E-state index < -0.39 is 0 Å². The van der Waals surface area contributed by atoms with Gasteiger partial charge in [0.25, 0.3) is 0 Å². The lowest BCUT2D eigenvalue weighted by Crippen LogP contribution is -2.15. The van der Waals surface area contributed by atoms with Crippen molar-refractivity contribution in [2.45, 2.75) is 19.3 Å².